The third-order valence-electron chi connectivity index (χ3n) is 8.22. The molecule has 0 bridgehead atoms. The molecule has 0 heterocycles. The number of carbonyl (C=O) groups excluding carboxylic acids is 1. The molecule has 60 heavy (non-hydrogen) atoms. The number of primary amides is 1. The van der Waals surface area contributed by atoms with Crippen LogP contribution in [0.5, 0.6) is 17.2 Å². The molecule has 0 aliphatic carbocycles. The number of carboxylic acids is 1. The number of rotatable bonds is 10. The van der Waals surface area contributed by atoms with Crippen molar-refractivity contribution in [1.29, 1.82) is 0 Å². The van der Waals surface area contributed by atoms with Gasteiger partial charge in [0.05, 0.1) is 11.3 Å². The molecule has 0 aliphatic heterocycles. The Morgan fingerprint density at radius 3 is 1.93 bits per heavy atom. The molecule has 6 aromatic carbocycles. The molecule has 0 atom stereocenters. The molecule has 0 saturated heterocycles. The number of amides is 2. The van der Waals surface area contributed by atoms with Crippen LogP contribution in [0.15, 0.2) is 126 Å². The quantitative estimate of drug-likeness (QED) is 0.0300. The fourth-order valence-corrected chi connectivity index (χ4v) is 7.37. The van der Waals surface area contributed by atoms with Crippen molar-refractivity contribution in [3.63, 3.8) is 0 Å². The van der Waals surface area contributed by atoms with E-state index in [-0.39, 0.29) is 88.9 Å². The van der Waals surface area contributed by atoms with Crippen LogP contribution in [0.1, 0.15) is 10.4 Å². The number of carbonyl (C=O) groups is 2. The van der Waals surface area contributed by atoms with Crippen LogP contribution in [0.2, 0.25) is 0 Å². The van der Waals surface area contributed by atoms with Crippen LogP contribution in [-0.4, -0.2) is 66.8 Å². The maximum absolute atomic E-state index is 13.1. The van der Waals surface area contributed by atoms with E-state index in [0.29, 0.717) is 0 Å². The number of hydrogen-bond acceptors (Lipinski definition) is 15. The van der Waals surface area contributed by atoms with E-state index in [9.17, 15) is 64.4 Å². The van der Waals surface area contributed by atoms with Gasteiger partial charge in [0, 0.05) is 57.0 Å². The number of nitrogens with one attached hydrogen (secondary N) is 1. The van der Waals surface area contributed by atoms with Crippen molar-refractivity contribution in [2.24, 2.45) is 20.5 Å². The molecule has 0 unspecified atom stereocenters. The number of fused-ring (bicyclic) bond motifs is 2. The number of azo groups is 2. The molecule has 2 radical (unpaired) electrons. The first-order valence-corrected chi connectivity index (χ1v) is 20.4. The van der Waals surface area contributed by atoms with Crippen LogP contribution in [0.4, 0.5) is 38.9 Å². The maximum atomic E-state index is 13.1. The monoisotopic (exact) mass is 979 g/mol. The van der Waals surface area contributed by atoms with E-state index in [1.807, 2.05) is 0 Å². The first-order chi connectivity index (χ1) is 27.1. The van der Waals surface area contributed by atoms with Gasteiger partial charge in [-0.25, -0.2) is 20.0 Å². The number of phenols is 3. The number of aromatic hydroxyl groups is 3. The number of benzene rings is 6. The van der Waals surface area contributed by atoms with Gasteiger partial charge in [-0.1, -0.05) is 18.2 Å². The molecular formula is C34H27Cu2N7O14S3+2. The number of aromatic carboxylic acids is 1. The van der Waals surface area contributed by atoms with Crippen LogP contribution in [0.3, 0.4) is 0 Å². The summed E-state index contributed by atoms with van der Waals surface area (Å²) >= 11 is 0. The minimum atomic E-state index is -5.06. The predicted molar refractivity (Wildman–Crippen MR) is 201 cm³/mol. The first-order valence-electron chi connectivity index (χ1n) is 15.9. The number of carboxylic acid groups (broad SMARTS) is 1. The first kappa shape index (κ1) is 46.8. The van der Waals surface area contributed by atoms with Crippen molar-refractivity contribution in [2.45, 2.75) is 14.7 Å². The van der Waals surface area contributed by atoms with Gasteiger partial charge in [-0.3, -0.25) is 14.4 Å². The van der Waals surface area contributed by atoms with Crippen molar-refractivity contribution in [2.75, 3.05) is 5.32 Å². The van der Waals surface area contributed by atoms with Crippen molar-refractivity contribution >= 4 is 97.9 Å². The Morgan fingerprint density at radius 2 is 1.28 bits per heavy atom. The number of nitrogens with zero attached hydrogens (tertiary/aromatic N) is 4. The summed E-state index contributed by atoms with van der Waals surface area (Å²) in [6, 6.07) is 16.9. The zero-order chi connectivity index (χ0) is 42.3. The summed E-state index contributed by atoms with van der Waals surface area (Å²) in [5.74, 6) is -3.26. The maximum Gasteiger partial charge on any atom is 0.422 e. The summed E-state index contributed by atoms with van der Waals surface area (Å²) in [7, 11) is -14.1. The van der Waals surface area contributed by atoms with Crippen LogP contribution >= 0.6 is 0 Å². The Hall–Kier alpha value is -5.89. The average molecular weight is 981 g/mol. The average Bonchev–Trinajstić information content (AvgIpc) is 3.13. The van der Waals surface area contributed by atoms with Crippen molar-refractivity contribution in [3.05, 3.63) is 96.6 Å². The molecule has 0 aromatic heterocycles. The molecule has 2 amide bonds. The van der Waals surface area contributed by atoms with Crippen LogP contribution in [0, 0.1) is 0 Å². The number of anilines is 1. The predicted octanol–water partition coefficient (Wildman–Crippen LogP) is 4.48. The normalized spacial score (nSPS) is 12.1. The second kappa shape index (κ2) is 17.8. The molecule has 26 heteroatoms. The molecule has 320 valence electrons. The number of urea groups is 1. The van der Waals surface area contributed by atoms with E-state index in [1.54, 1.807) is 0 Å². The largest absolute Gasteiger partial charge is 0.506 e. The number of nitrogens with two attached hydrogens (primary N) is 1. The van der Waals surface area contributed by atoms with E-state index >= 15 is 0 Å². The molecule has 21 nitrogen and oxygen atoms in total. The van der Waals surface area contributed by atoms with Gasteiger partial charge in [-0.15, -0.1) is 20.5 Å². The summed E-state index contributed by atoms with van der Waals surface area (Å²) in [6.07, 6.45) is 0. The molecular weight excluding hydrogens is 954 g/mol. The Labute approximate surface area is 359 Å². The van der Waals surface area contributed by atoms with E-state index in [2.05, 4.69) is 30.9 Å². The van der Waals surface area contributed by atoms with E-state index in [0.717, 1.165) is 41.7 Å². The van der Waals surface area contributed by atoms with Gasteiger partial charge in [-0.2, -0.15) is 25.3 Å². The third-order valence-corrected chi connectivity index (χ3v) is 10.9. The fourth-order valence-electron chi connectivity index (χ4n) is 5.51. The second-order valence-electron chi connectivity index (χ2n) is 12.1. The van der Waals surface area contributed by atoms with Gasteiger partial charge < -0.3 is 20.4 Å². The van der Waals surface area contributed by atoms with E-state index in [1.165, 1.54) is 54.6 Å². The van der Waals surface area contributed by atoms with Gasteiger partial charge >= 0.3 is 22.0 Å². The standard InChI is InChI=1S/C34H25N7O14S3.2Cu/c35-56(48,49)19-7-10-27(42)25(14-19)39-40-26-12-16-5-9-24(31(43)22(16)15-28(26)57(50,51)52)37-34(47)36-18-6-8-20-17(11-18)13-29(58(53,54)55)30(32(20)44)41-38-23-4-2-1-3-21(23)33(45)46;;/h1-15,42-44H,(H,45,46)(H2,35,48,49)(H2,36,37,47)(H,50,51,52)(H,53,54,55);;/p+2. The fraction of sp³-hybridized carbons (Fsp3) is 0. The summed E-state index contributed by atoms with van der Waals surface area (Å²) in [5.41, 5.74) is -2.09. The molecule has 0 spiro atoms. The number of quaternary nitrogens is 2. The zero-order valence-corrected chi connectivity index (χ0v) is 33.8. The minimum absolute atomic E-state index is 0. The van der Waals surface area contributed by atoms with Gasteiger partial charge in [0.2, 0.25) is 0 Å². The number of sulfonamides is 1. The van der Waals surface area contributed by atoms with E-state index < -0.39 is 80.7 Å². The molecule has 0 fully saturated rings. The number of hydrogen-bond donors (Lipinski definition) is 9. The van der Waals surface area contributed by atoms with Crippen molar-refractivity contribution < 1.29 is 109 Å². The van der Waals surface area contributed by atoms with Gasteiger partial charge in [-0.05, 0) is 71.4 Å². The molecule has 6 rings (SSSR count). The summed E-state index contributed by atoms with van der Waals surface area (Å²) < 4.78 is 92.9. The van der Waals surface area contributed by atoms with Crippen molar-refractivity contribution in [1.82, 2.24) is 0 Å². The van der Waals surface area contributed by atoms with E-state index in [4.69, 9.17) is 0 Å². The SMILES string of the molecule is [Cu].[Cu].[NH3+]S(=O)(=O)c1ccc(O)c(N=Nc2cc3ccc(NC(=O)[NH2+]c4ccc5c(O)c(N=Nc6ccccc6C(=O)O)c(S(=O)(=O)O)cc5c4)c(O)c3cc2S(=O)(=O)O)c1. The van der Waals surface area contributed by atoms with Crippen molar-refractivity contribution in [3.8, 4) is 17.2 Å². The second-order valence-corrected chi connectivity index (χ2v) is 16.6. The number of phenolic OH excluding ortho intramolecular Hbond substituents is 3. The molecule has 6 aromatic rings. The van der Waals surface area contributed by atoms with Gasteiger partial charge in [0.25, 0.3) is 20.2 Å². The minimum Gasteiger partial charge on any atom is -0.506 e. The smallest absolute Gasteiger partial charge is 0.422 e. The van der Waals surface area contributed by atoms with Crippen LogP contribution in [0.25, 0.3) is 21.5 Å². The van der Waals surface area contributed by atoms with Crippen LogP contribution in [-0.2, 0) is 64.4 Å². The summed E-state index contributed by atoms with van der Waals surface area (Å²) in [4.78, 5) is 22.6. The topological polar surface area (TPSA) is 364 Å². The molecule has 12 N–H and O–H groups in total. The van der Waals surface area contributed by atoms with Crippen LogP contribution < -0.4 is 15.8 Å². The summed E-state index contributed by atoms with van der Waals surface area (Å²) in [5, 5.41) is 63.0. The zero-order valence-electron chi connectivity index (χ0n) is 29.5. The summed E-state index contributed by atoms with van der Waals surface area (Å²) in [6.45, 7) is 0. The molecule has 0 saturated carbocycles. The third kappa shape index (κ3) is 10.1. The Kier molecular flexibility index (Phi) is 13.9. The Bertz CT molecular complexity index is 3150. The Balaban J connectivity index is 0.00000397. The Morgan fingerprint density at radius 1 is 0.633 bits per heavy atom. The van der Waals surface area contributed by atoms with Gasteiger partial charge in [0.15, 0.2) is 5.75 Å². The van der Waals surface area contributed by atoms with Gasteiger partial charge in [0.1, 0.15) is 54.6 Å². The molecule has 0 aliphatic rings.